The van der Waals surface area contributed by atoms with Crippen molar-refractivity contribution in [3.63, 3.8) is 0 Å². The summed E-state index contributed by atoms with van der Waals surface area (Å²) in [6.45, 7) is 3.80. The van der Waals surface area contributed by atoms with Crippen LogP contribution < -0.4 is 26.7 Å². The number of methoxy groups -OCH3 is 1. The number of rotatable bonds is 7. The molecule has 5 aromatic heterocycles. The van der Waals surface area contributed by atoms with Crippen molar-refractivity contribution in [3.05, 3.63) is 89.1 Å². The lowest BCUT2D eigenvalue weighted by molar-refractivity contribution is 0.259. The molecule has 0 aliphatic rings. The van der Waals surface area contributed by atoms with Gasteiger partial charge in [-0.15, -0.1) is 0 Å². The van der Waals surface area contributed by atoms with E-state index in [1.807, 2.05) is 50.2 Å². The summed E-state index contributed by atoms with van der Waals surface area (Å²) in [5.74, 6) is 1.22. The van der Waals surface area contributed by atoms with Gasteiger partial charge in [-0.05, 0) is 43.7 Å². The number of aryl methyl sites for hydroxylation is 1. The van der Waals surface area contributed by atoms with Gasteiger partial charge < -0.3 is 26.1 Å². The summed E-state index contributed by atoms with van der Waals surface area (Å²) in [6, 6.07) is 11.8. The molecule has 5 heterocycles. The number of aromatic nitrogens is 7. The van der Waals surface area contributed by atoms with Crippen molar-refractivity contribution in [3.8, 4) is 22.7 Å². The Hall–Kier alpha value is -5.72. The predicted molar refractivity (Wildman–Crippen MR) is 154 cm³/mol. The van der Waals surface area contributed by atoms with E-state index < -0.39 is 12.1 Å². The van der Waals surface area contributed by atoms with Crippen LogP contribution >= 0.6 is 0 Å². The second kappa shape index (κ2) is 10.1. The second-order valence-electron chi connectivity index (χ2n) is 9.41. The molecule has 0 radical (unpaired) electrons. The van der Waals surface area contributed by atoms with Gasteiger partial charge in [0.1, 0.15) is 29.0 Å². The summed E-state index contributed by atoms with van der Waals surface area (Å²) in [4.78, 5) is 41.7. The minimum absolute atomic E-state index is 0.175. The van der Waals surface area contributed by atoms with E-state index in [2.05, 4.69) is 30.6 Å². The van der Waals surface area contributed by atoms with Crippen molar-refractivity contribution >= 4 is 34.1 Å². The Morgan fingerprint density at radius 1 is 1.15 bits per heavy atom. The molecule has 0 aliphatic heterocycles. The topological polar surface area (TPSA) is 170 Å². The SMILES string of the molecule is COc1ncc(-c2c[nH]c3ncnc(NC(C)c4nn5ccc(C)c5c(=O)n4-c4ccccc4)c23)cc1NC(N)=O. The first-order chi connectivity index (χ1) is 19.9. The number of nitrogens with zero attached hydrogens (tertiary/aromatic N) is 6. The van der Waals surface area contributed by atoms with Crippen molar-refractivity contribution < 1.29 is 9.53 Å². The first-order valence-corrected chi connectivity index (χ1v) is 12.7. The van der Waals surface area contributed by atoms with Gasteiger partial charge in [-0.2, -0.15) is 5.10 Å². The van der Waals surface area contributed by atoms with Gasteiger partial charge in [0.25, 0.3) is 5.56 Å². The number of fused-ring (bicyclic) bond motifs is 2. The molecule has 6 aromatic rings. The molecule has 206 valence electrons. The molecular formula is C28H26N10O3. The number of pyridine rings is 1. The number of urea groups is 1. The van der Waals surface area contributed by atoms with E-state index in [1.54, 1.807) is 33.7 Å². The molecule has 2 amide bonds. The lowest BCUT2D eigenvalue weighted by Gasteiger charge is -2.20. The van der Waals surface area contributed by atoms with Crippen molar-refractivity contribution in [2.45, 2.75) is 19.9 Å². The molecule has 0 fully saturated rings. The van der Waals surface area contributed by atoms with E-state index in [9.17, 15) is 9.59 Å². The minimum atomic E-state index is -0.743. The molecule has 0 bridgehead atoms. The highest BCUT2D eigenvalue weighted by Gasteiger charge is 2.22. The lowest BCUT2D eigenvalue weighted by Crippen LogP contribution is -2.29. The van der Waals surface area contributed by atoms with Crippen molar-refractivity contribution in [2.75, 3.05) is 17.7 Å². The van der Waals surface area contributed by atoms with Gasteiger partial charge in [-0.3, -0.25) is 9.36 Å². The third kappa shape index (κ3) is 4.48. The number of primary amides is 1. The van der Waals surface area contributed by atoms with Crippen LogP contribution in [-0.4, -0.2) is 47.3 Å². The average Bonchev–Trinajstić information content (AvgIpc) is 3.57. The average molecular weight is 551 g/mol. The third-order valence-corrected chi connectivity index (χ3v) is 6.75. The monoisotopic (exact) mass is 550 g/mol. The number of benzene rings is 1. The number of nitrogens with two attached hydrogens (primary N) is 1. The highest BCUT2D eigenvalue weighted by atomic mass is 16.5. The smallest absolute Gasteiger partial charge is 0.316 e. The van der Waals surface area contributed by atoms with Crippen LogP contribution in [0.1, 0.15) is 24.4 Å². The van der Waals surface area contributed by atoms with E-state index in [0.29, 0.717) is 45.1 Å². The standard InChI is InChI=1S/C28H26N10O3/c1-15-9-10-37-22(15)27(39)38(18-7-5-4-6-8-18)25(36-37)16(2)34-24-21-19(13-30-23(21)32-14-33-24)17-11-20(35-28(29)40)26(41-3)31-12-17/h4-14,16H,1-3H3,(H3,29,35,40)(H2,30,32,33,34). The quantitative estimate of drug-likeness (QED) is 0.233. The highest BCUT2D eigenvalue weighted by molar-refractivity contribution is 6.01. The zero-order chi connectivity index (χ0) is 28.7. The number of hydrogen-bond donors (Lipinski definition) is 4. The molecule has 6 rings (SSSR count). The molecule has 0 spiro atoms. The van der Waals surface area contributed by atoms with Gasteiger partial charge >= 0.3 is 6.03 Å². The van der Waals surface area contributed by atoms with Gasteiger partial charge in [0.2, 0.25) is 5.88 Å². The van der Waals surface area contributed by atoms with E-state index in [0.717, 1.165) is 11.1 Å². The molecular weight excluding hydrogens is 524 g/mol. The van der Waals surface area contributed by atoms with Crippen LogP contribution in [0.3, 0.4) is 0 Å². The first kappa shape index (κ1) is 25.6. The zero-order valence-electron chi connectivity index (χ0n) is 22.4. The number of nitrogens with one attached hydrogen (secondary N) is 3. The largest absolute Gasteiger partial charge is 0.480 e. The van der Waals surface area contributed by atoms with Gasteiger partial charge in [0, 0.05) is 29.7 Å². The summed E-state index contributed by atoms with van der Waals surface area (Å²) in [5, 5.41) is 11.5. The number of carbonyl (C=O) groups excluding carboxylic acids is 1. The molecule has 13 heteroatoms. The Balaban J connectivity index is 1.47. The predicted octanol–water partition coefficient (Wildman–Crippen LogP) is 3.80. The van der Waals surface area contributed by atoms with Gasteiger partial charge in [-0.1, -0.05) is 18.2 Å². The molecule has 0 saturated heterocycles. The normalized spacial score (nSPS) is 12.0. The third-order valence-electron chi connectivity index (χ3n) is 6.75. The Bertz CT molecular complexity index is 1980. The zero-order valence-corrected chi connectivity index (χ0v) is 22.4. The maximum atomic E-state index is 13.7. The number of ether oxygens (including phenoxy) is 1. The molecule has 1 atom stereocenters. The number of para-hydroxylation sites is 1. The molecule has 0 aliphatic carbocycles. The first-order valence-electron chi connectivity index (χ1n) is 12.7. The molecule has 1 unspecified atom stereocenters. The maximum absolute atomic E-state index is 13.7. The van der Waals surface area contributed by atoms with Crippen LogP contribution in [0.15, 0.2) is 72.2 Å². The highest BCUT2D eigenvalue weighted by Crippen LogP contribution is 2.36. The van der Waals surface area contributed by atoms with E-state index in [-0.39, 0.29) is 11.4 Å². The Morgan fingerprint density at radius 2 is 1.95 bits per heavy atom. The van der Waals surface area contributed by atoms with E-state index >= 15 is 0 Å². The van der Waals surface area contributed by atoms with Crippen LogP contribution in [0, 0.1) is 6.92 Å². The molecule has 13 nitrogen and oxygen atoms in total. The Labute approximate surface area is 233 Å². The maximum Gasteiger partial charge on any atom is 0.316 e. The Morgan fingerprint density at radius 3 is 2.71 bits per heavy atom. The molecule has 0 saturated carbocycles. The van der Waals surface area contributed by atoms with Crippen LogP contribution in [0.4, 0.5) is 16.3 Å². The Kier molecular flexibility index (Phi) is 6.30. The number of hydrogen-bond acceptors (Lipinski definition) is 8. The van der Waals surface area contributed by atoms with Crippen molar-refractivity contribution in [1.82, 2.24) is 34.1 Å². The summed E-state index contributed by atoms with van der Waals surface area (Å²) >= 11 is 0. The van der Waals surface area contributed by atoms with Gasteiger partial charge in [0.15, 0.2) is 5.82 Å². The van der Waals surface area contributed by atoms with Crippen LogP contribution in [0.5, 0.6) is 5.88 Å². The number of anilines is 2. The lowest BCUT2D eigenvalue weighted by atomic mass is 10.1. The fraction of sp³-hybridized carbons (Fsp3) is 0.143. The number of carbonyl (C=O) groups is 1. The molecule has 41 heavy (non-hydrogen) atoms. The second-order valence-corrected chi connectivity index (χ2v) is 9.41. The van der Waals surface area contributed by atoms with E-state index in [4.69, 9.17) is 15.6 Å². The number of aromatic amines is 1. The van der Waals surface area contributed by atoms with Gasteiger partial charge in [-0.25, -0.2) is 24.3 Å². The fourth-order valence-corrected chi connectivity index (χ4v) is 4.89. The summed E-state index contributed by atoms with van der Waals surface area (Å²) in [5.41, 5.74) is 9.50. The number of amides is 2. The van der Waals surface area contributed by atoms with Crippen LogP contribution in [0.25, 0.3) is 33.4 Å². The number of H-pyrrole nitrogens is 1. The summed E-state index contributed by atoms with van der Waals surface area (Å²) < 4.78 is 8.48. The van der Waals surface area contributed by atoms with Crippen molar-refractivity contribution in [2.24, 2.45) is 5.73 Å². The molecule has 5 N–H and O–H groups in total. The van der Waals surface area contributed by atoms with Crippen molar-refractivity contribution in [1.29, 1.82) is 0 Å². The summed E-state index contributed by atoms with van der Waals surface area (Å²) in [7, 11) is 1.45. The van der Waals surface area contributed by atoms with Gasteiger partial charge in [0.05, 0.1) is 24.2 Å². The summed E-state index contributed by atoms with van der Waals surface area (Å²) in [6.07, 6.45) is 6.61. The minimum Gasteiger partial charge on any atom is -0.480 e. The van der Waals surface area contributed by atoms with Crippen LogP contribution in [0.2, 0.25) is 0 Å². The van der Waals surface area contributed by atoms with Crippen LogP contribution in [-0.2, 0) is 0 Å². The fourth-order valence-electron chi connectivity index (χ4n) is 4.89. The van der Waals surface area contributed by atoms with E-state index in [1.165, 1.54) is 13.4 Å². The molecule has 1 aromatic carbocycles.